The lowest BCUT2D eigenvalue weighted by Crippen LogP contribution is -2.04. The van der Waals surface area contributed by atoms with Gasteiger partial charge in [-0.2, -0.15) is 0 Å². The Hall–Kier alpha value is -2.32. The molecule has 6 nitrogen and oxygen atoms in total. The van der Waals surface area contributed by atoms with E-state index in [2.05, 4.69) is 20.2 Å². The van der Waals surface area contributed by atoms with Crippen LogP contribution in [-0.4, -0.2) is 28.6 Å². The van der Waals surface area contributed by atoms with E-state index >= 15 is 0 Å². The Labute approximate surface area is 154 Å². The number of rotatable bonds is 5. The van der Waals surface area contributed by atoms with Crippen molar-refractivity contribution in [2.24, 2.45) is 0 Å². The molecule has 0 unspecified atom stereocenters. The lowest BCUT2D eigenvalue weighted by molar-refractivity contribution is 0.601. The molecule has 26 heavy (non-hydrogen) atoms. The third kappa shape index (κ3) is 3.91. The van der Waals surface area contributed by atoms with Gasteiger partial charge in [-0.05, 0) is 52.4 Å². The third-order valence-electron chi connectivity index (χ3n) is 3.95. The molecule has 1 N–H and O–H groups in total. The molecule has 9 heteroatoms. The van der Waals surface area contributed by atoms with Gasteiger partial charge in [0.25, 0.3) is 14.2 Å². The first-order valence-corrected chi connectivity index (χ1v) is 10.2. The molecule has 0 aliphatic heterocycles. The Morgan fingerprint density at radius 3 is 2.46 bits per heavy atom. The molecule has 0 aliphatic rings. The zero-order chi connectivity index (χ0) is 18.9. The Morgan fingerprint density at radius 2 is 1.88 bits per heavy atom. The van der Waals surface area contributed by atoms with Crippen molar-refractivity contribution in [2.75, 3.05) is 0 Å². The molecule has 136 valence electrons. The molecule has 1 aromatic carbocycles. The first-order valence-electron chi connectivity index (χ1n) is 7.84. The Bertz CT molecular complexity index is 1040. The molecule has 0 fully saturated rings. The number of H-pyrrole nitrogens is 1. The summed E-state index contributed by atoms with van der Waals surface area (Å²) in [6, 6.07) is 6.52. The van der Waals surface area contributed by atoms with Crippen LogP contribution < -0.4 is 0 Å². The predicted octanol–water partition coefficient (Wildman–Crippen LogP) is 3.65. The fourth-order valence-corrected chi connectivity index (χ4v) is 3.38. The smallest absolute Gasteiger partial charge is 0.296 e. The van der Waals surface area contributed by atoms with E-state index < -0.39 is 14.2 Å². The van der Waals surface area contributed by atoms with Crippen LogP contribution in [-0.2, 0) is 15.5 Å². The highest BCUT2D eigenvalue weighted by atomic mass is 35.7. The number of aromatic amines is 1. The number of aromatic nitrogens is 4. The van der Waals surface area contributed by atoms with Gasteiger partial charge in [0.2, 0.25) is 0 Å². The molecule has 0 saturated carbocycles. The van der Waals surface area contributed by atoms with Crippen molar-refractivity contribution in [2.45, 2.75) is 31.3 Å². The van der Waals surface area contributed by atoms with Gasteiger partial charge in [0.05, 0.1) is 0 Å². The number of pyridine rings is 1. The predicted molar refractivity (Wildman–Crippen MR) is 95.9 cm³/mol. The van der Waals surface area contributed by atoms with E-state index in [0.29, 0.717) is 11.4 Å². The van der Waals surface area contributed by atoms with E-state index in [0.717, 1.165) is 16.7 Å². The lowest BCUT2D eigenvalue weighted by Gasteiger charge is -2.17. The van der Waals surface area contributed by atoms with Gasteiger partial charge in [-0.15, -0.1) is 10.2 Å². The second-order valence-electron chi connectivity index (χ2n) is 6.10. The summed E-state index contributed by atoms with van der Waals surface area (Å²) < 4.78 is 37.0. The van der Waals surface area contributed by atoms with Crippen LogP contribution in [0.25, 0.3) is 11.1 Å². The van der Waals surface area contributed by atoms with Crippen molar-refractivity contribution in [3.05, 3.63) is 59.4 Å². The zero-order valence-corrected chi connectivity index (χ0v) is 15.6. The van der Waals surface area contributed by atoms with Gasteiger partial charge in [0.1, 0.15) is 11.6 Å². The summed E-state index contributed by atoms with van der Waals surface area (Å²) in [5, 5.41) is 7.02. The Balaban J connectivity index is 2.14. The zero-order valence-electron chi connectivity index (χ0n) is 14.1. The molecule has 0 aliphatic carbocycles. The van der Waals surface area contributed by atoms with Crippen LogP contribution in [0.3, 0.4) is 0 Å². The average molecular weight is 395 g/mol. The summed E-state index contributed by atoms with van der Waals surface area (Å²) >= 11 is 0. The van der Waals surface area contributed by atoms with Gasteiger partial charge in [0, 0.05) is 29.5 Å². The van der Waals surface area contributed by atoms with E-state index in [9.17, 15) is 12.8 Å². The second-order valence-corrected chi connectivity index (χ2v) is 8.58. The van der Waals surface area contributed by atoms with Gasteiger partial charge < -0.3 is 4.98 Å². The minimum absolute atomic E-state index is 0.0560. The summed E-state index contributed by atoms with van der Waals surface area (Å²) in [5.74, 6) is 0.0411. The molecule has 3 rings (SSSR count). The molecule has 0 bridgehead atoms. The van der Waals surface area contributed by atoms with Gasteiger partial charge in [-0.3, -0.25) is 4.98 Å². The van der Waals surface area contributed by atoms with Gasteiger partial charge in [-0.25, -0.2) is 12.8 Å². The summed E-state index contributed by atoms with van der Waals surface area (Å²) in [4.78, 5) is 6.60. The molecule has 2 heterocycles. The summed E-state index contributed by atoms with van der Waals surface area (Å²) in [6.45, 7) is 3.92. The maximum Gasteiger partial charge on any atom is 0.296 e. The monoisotopic (exact) mass is 394 g/mol. The van der Waals surface area contributed by atoms with Crippen LogP contribution in [0.15, 0.2) is 41.8 Å². The van der Waals surface area contributed by atoms with Crippen molar-refractivity contribution >= 4 is 19.7 Å². The fraction of sp³-hybridized carbons (Fsp3) is 0.235. The van der Waals surface area contributed by atoms with E-state index in [1.54, 1.807) is 24.5 Å². The average Bonchev–Trinajstić information content (AvgIpc) is 3.05. The number of halogens is 2. The highest BCUT2D eigenvalue weighted by Gasteiger charge is 2.20. The molecule has 3 aromatic rings. The number of benzene rings is 1. The van der Waals surface area contributed by atoms with Gasteiger partial charge >= 0.3 is 0 Å². The van der Waals surface area contributed by atoms with Crippen LogP contribution in [0, 0.1) is 5.82 Å². The molecular formula is C17H16ClFN4O2S. The van der Waals surface area contributed by atoms with Crippen LogP contribution in [0.1, 0.15) is 36.7 Å². The van der Waals surface area contributed by atoms with Crippen molar-refractivity contribution < 1.29 is 12.8 Å². The topological polar surface area (TPSA) is 88.6 Å². The molecule has 0 radical (unpaired) electrons. The normalized spacial score (nSPS) is 11.9. The SMILES string of the molecule is CC(C)c1cc(F)cc(-c2ccncc2)c1Cc1nnc(S(=O)(=O)Cl)[nH]1. The summed E-state index contributed by atoms with van der Waals surface area (Å²) in [6.07, 6.45) is 3.52. The minimum atomic E-state index is -3.99. The summed E-state index contributed by atoms with van der Waals surface area (Å²) in [7, 11) is 1.29. The van der Waals surface area contributed by atoms with Crippen molar-refractivity contribution in [3.63, 3.8) is 0 Å². The Kier molecular flexibility index (Phi) is 5.06. The van der Waals surface area contributed by atoms with Crippen LogP contribution in [0.4, 0.5) is 4.39 Å². The van der Waals surface area contributed by atoms with Crippen molar-refractivity contribution in [3.8, 4) is 11.1 Å². The Morgan fingerprint density at radius 1 is 1.19 bits per heavy atom. The van der Waals surface area contributed by atoms with E-state index in [1.165, 1.54) is 12.1 Å². The van der Waals surface area contributed by atoms with Crippen LogP contribution in [0.5, 0.6) is 0 Å². The molecular weight excluding hydrogens is 379 g/mol. The molecule has 2 aromatic heterocycles. The van der Waals surface area contributed by atoms with Crippen LogP contribution >= 0.6 is 10.7 Å². The van der Waals surface area contributed by atoms with Gasteiger partial charge in [-0.1, -0.05) is 13.8 Å². The van der Waals surface area contributed by atoms with E-state index in [4.69, 9.17) is 10.7 Å². The number of nitrogens with one attached hydrogen (secondary N) is 1. The number of hydrogen-bond acceptors (Lipinski definition) is 5. The fourth-order valence-electron chi connectivity index (χ4n) is 2.80. The number of hydrogen-bond donors (Lipinski definition) is 1. The minimum Gasteiger partial charge on any atom is -0.314 e. The standard InChI is InChI=1S/C17H16ClFN4O2S/c1-10(2)13-7-12(19)8-14(11-3-5-20-6-4-11)15(13)9-16-21-17(23-22-16)26(18,24)25/h3-8,10H,9H2,1-2H3,(H,21,22,23). The first-order chi connectivity index (χ1) is 12.3. The molecule has 0 spiro atoms. The number of nitrogens with zero attached hydrogens (tertiary/aromatic N) is 3. The van der Waals surface area contributed by atoms with E-state index in [-0.39, 0.29) is 18.2 Å². The quantitative estimate of drug-likeness (QED) is 0.667. The highest BCUT2D eigenvalue weighted by molar-refractivity contribution is 8.13. The third-order valence-corrected chi connectivity index (χ3v) is 5.03. The maximum absolute atomic E-state index is 14.2. The van der Waals surface area contributed by atoms with Crippen molar-refractivity contribution in [1.82, 2.24) is 20.2 Å². The molecule has 0 atom stereocenters. The van der Waals surface area contributed by atoms with E-state index in [1.807, 2.05) is 13.8 Å². The molecule has 0 saturated heterocycles. The largest absolute Gasteiger partial charge is 0.314 e. The summed E-state index contributed by atoms with van der Waals surface area (Å²) in [5.41, 5.74) is 3.15. The maximum atomic E-state index is 14.2. The highest BCUT2D eigenvalue weighted by Crippen LogP contribution is 2.32. The second kappa shape index (κ2) is 7.13. The van der Waals surface area contributed by atoms with Crippen LogP contribution in [0.2, 0.25) is 0 Å². The lowest BCUT2D eigenvalue weighted by atomic mass is 9.88. The van der Waals surface area contributed by atoms with Crippen molar-refractivity contribution in [1.29, 1.82) is 0 Å². The first kappa shape index (κ1) is 18.5. The molecule has 0 amide bonds. The van der Waals surface area contributed by atoms with Gasteiger partial charge in [0.15, 0.2) is 0 Å².